The summed E-state index contributed by atoms with van der Waals surface area (Å²) in [5.41, 5.74) is 0. The molecule has 0 aromatic rings. The average Bonchev–Trinajstić information content (AvgIpc) is 2.02. The third kappa shape index (κ3) is 1.50. The van der Waals surface area contributed by atoms with Crippen molar-refractivity contribution in [1.82, 2.24) is 4.72 Å². The van der Waals surface area contributed by atoms with Crippen molar-refractivity contribution < 1.29 is 8.42 Å². The summed E-state index contributed by atoms with van der Waals surface area (Å²) in [7, 11) is -3.02. The molecule has 0 aromatic heterocycles. The molecule has 3 nitrogen and oxygen atoms in total. The molecule has 0 saturated carbocycles. The van der Waals surface area contributed by atoms with Gasteiger partial charge >= 0.3 is 0 Å². The molecule has 0 unspecified atom stereocenters. The van der Waals surface area contributed by atoms with E-state index in [-0.39, 0.29) is 17.2 Å². The smallest absolute Gasteiger partial charge is 0.212 e. The Morgan fingerprint density at radius 2 is 1.75 bits per heavy atom. The maximum atomic E-state index is 11.4. The van der Waals surface area contributed by atoms with E-state index >= 15 is 0 Å². The Kier molecular flexibility index (Phi) is 2.50. The molecule has 1 heterocycles. The molecule has 1 N–H and O–H groups in total. The fourth-order valence-corrected chi connectivity index (χ4v) is 4.03. The van der Waals surface area contributed by atoms with Crippen molar-refractivity contribution in [2.45, 2.75) is 39.0 Å². The number of rotatable bonds is 1. The molecular weight excluding hydrogens is 174 g/mol. The van der Waals surface area contributed by atoms with Gasteiger partial charge in [-0.3, -0.25) is 0 Å². The molecule has 1 aliphatic rings. The second kappa shape index (κ2) is 3.00. The van der Waals surface area contributed by atoms with E-state index in [1.807, 2.05) is 6.92 Å². The minimum Gasteiger partial charge on any atom is -0.212 e. The Balaban J connectivity index is 2.93. The fourth-order valence-electron chi connectivity index (χ4n) is 2.18. The average molecular weight is 191 g/mol. The molecule has 12 heavy (non-hydrogen) atoms. The maximum absolute atomic E-state index is 11.4. The lowest BCUT2D eigenvalue weighted by Gasteiger charge is -2.20. The highest BCUT2D eigenvalue weighted by molar-refractivity contribution is 7.90. The predicted molar refractivity (Wildman–Crippen MR) is 49.3 cm³/mol. The zero-order chi connectivity index (χ0) is 9.52. The molecule has 0 amide bonds. The number of sulfonamides is 1. The summed E-state index contributed by atoms with van der Waals surface area (Å²) in [5.74, 6) is 0.662. The van der Waals surface area contributed by atoms with E-state index in [1.165, 1.54) is 0 Å². The van der Waals surface area contributed by atoms with Crippen molar-refractivity contribution in [3.63, 3.8) is 0 Å². The van der Waals surface area contributed by atoms with Gasteiger partial charge in [0.05, 0.1) is 5.25 Å². The van der Waals surface area contributed by atoms with E-state index in [2.05, 4.69) is 18.6 Å². The number of hydrogen-bond donors (Lipinski definition) is 1. The SMILES string of the molecule is CC(C)[C@@H]1[C@@H](C)S(=O)(=O)N[C@@H]1C. The lowest BCUT2D eigenvalue weighted by Crippen LogP contribution is -2.28. The third-order valence-corrected chi connectivity index (χ3v) is 4.72. The van der Waals surface area contributed by atoms with Crippen LogP contribution in [0.3, 0.4) is 0 Å². The van der Waals surface area contributed by atoms with E-state index in [0.29, 0.717) is 5.92 Å². The minimum atomic E-state index is -3.02. The van der Waals surface area contributed by atoms with Crippen LogP contribution in [0.1, 0.15) is 27.7 Å². The largest absolute Gasteiger partial charge is 0.214 e. The molecule has 1 fully saturated rings. The van der Waals surface area contributed by atoms with Gasteiger partial charge in [-0.1, -0.05) is 13.8 Å². The van der Waals surface area contributed by atoms with Crippen molar-refractivity contribution >= 4 is 10.0 Å². The Bertz CT molecular complexity index is 258. The van der Waals surface area contributed by atoms with Crippen LogP contribution < -0.4 is 4.72 Å². The molecule has 0 radical (unpaired) electrons. The first-order valence-corrected chi connectivity index (χ1v) is 5.92. The second-order valence-electron chi connectivity index (χ2n) is 3.98. The second-order valence-corrected chi connectivity index (χ2v) is 6.05. The maximum Gasteiger partial charge on any atom is 0.214 e. The van der Waals surface area contributed by atoms with Crippen LogP contribution in [0, 0.1) is 11.8 Å². The van der Waals surface area contributed by atoms with Gasteiger partial charge in [0.15, 0.2) is 0 Å². The van der Waals surface area contributed by atoms with Crippen LogP contribution in [0.25, 0.3) is 0 Å². The summed E-state index contributed by atoms with van der Waals surface area (Å²) in [5, 5.41) is -0.243. The first-order chi connectivity index (χ1) is 5.36. The Labute approximate surface area is 74.6 Å². The van der Waals surface area contributed by atoms with Gasteiger partial charge in [-0.25, -0.2) is 13.1 Å². The van der Waals surface area contributed by atoms with Gasteiger partial charge in [0.25, 0.3) is 0 Å². The highest BCUT2D eigenvalue weighted by Crippen LogP contribution is 2.30. The molecule has 1 saturated heterocycles. The lowest BCUT2D eigenvalue weighted by molar-refractivity contribution is 0.338. The molecule has 0 bridgehead atoms. The predicted octanol–water partition coefficient (Wildman–Crippen LogP) is 0.969. The minimum absolute atomic E-state index is 0.0880. The van der Waals surface area contributed by atoms with Crippen LogP contribution in [0.5, 0.6) is 0 Å². The van der Waals surface area contributed by atoms with E-state index < -0.39 is 10.0 Å². The molecule has 0 aliphatic carbocycles. The monoisotopic (exact) mass is 191 g/mol. The van der Waals surface area contributed by atoms with Crippen LogP contribution in [0.4, 0.5) is 0 Å². The molecule has 1 aliphatic heterocycles. The standard InChI is InChI=1S/C8H17NO2S/c1-5(2)8-6(3)9-12(10,11)7(8)4/h5-9H,1-4H3/t6-,7-,8+/m1/s1. The van der Waals surface area contributed by atoms with E-state index in [9.17, 15) is 8.42 Å². The Morgan fingerprint density at radius 1 is 1.25 bits per heavy atom. The van der Waals surface area contributed by atoms with E-state index in [0.717, 1.165) is 0 Å². The highest BCUT2D eigenvalue weighted by atomic mass is 32.2. The lowest BCUT2D eigenvalue weighted by atomic mass is 9.87. The van der Waals surface area contributed by atoms with Crippen molar-refractivity contribution in [3.05, 3.63) is 0 Å². The zero-order valence-electron chi connectivity index (χ0n) is 8.03. The molecule has 3 atom stereocenters. The summed E-state index contributed by atoms with van der Waals surface area (Å²) < 4.78 is 25.4. The zero-order valence-corrected chi connectivity index (χ0v) is 8.85. The van der Waals surface area contributed by atoms with Crippen LogP contribution in [0.15, 0.2) is 0 Å². The Hall–Kier alpha value is -0.0900. The van der Waals surface area contributed by atoms with Crippen LogP contribution in [-0.4, -0.2) is 19.7 Å². The summed E-state index contributed by atoms with van der Waals surface area (Å²) >= 11 is 0. The molecule has 0 aromatic carbocycles. The quantitative estimate of drug-likeness (QED) is 0.671. The van der Waals surface area contributed by atoms with Gasteiger partial charge in [-0.2, -0.15) is 0 Å². The number of nitrogens with one attached hydrogen (secondary N) is 1. The van der Waals surface area contributed by atoms with Gasteiger partial charge in [0.2, 0.25) is 10.0 Å². The van der Waals surface area contributed by atoms with Crippen molar-refractivity contribution in [1.29, 1.82) is 0 Å². The number of hydrogen-bond acceptors (Lipinski definition) is 2. The van der Waals surface area contributed by atoms with Crippen LogP contribution >= 0.6 is 0 Å². The van der Waals surface area contributed by atoms with E-state index in [1.54, 1.807) is 6.92 Å². The molecular formula is C8H17NO2S. The molecule has 1 rings (SSSR count). The highest BCUT2D eigenvalue weighted by Gasteiger charge is 2.42. The Morgan fingerprint density at radius 3 is 1.92 bits per heavy atom. The van der Waals surface area contributed by atoms with Crippen molar-refractivity contribution in [2.24, 2.45) is 11.8 Å². The van der Waals surface area contributed by atoms with Gasteiger partial charge < -0.3 is 0 Å². The third-order valence-electron chi connectivity index (χ3n) is 2.73. The van der Waals surface area contributed by atoms with Gasteiger partial charge in [-0.05, 0) is 25.7 Å². The van der Waals surface area contributed by atoms with Gasteiger partial charge in [0, 0.05) is 6.04 Å². The normalized spacial score (nSPS) is 40.6. The molecule has 0 spiro atoms. The first-order valence-electron chi connectivity index (χ1n) is 4.37. The topological polar surface area (TPSA) is 46.2 Å². The summed E-state index contributed by atoms with van der Waals surface area (Å²) in [6.45, 7) is 7.86. The summed E-state index contributed by atoms with van der Waals surface area (Å²) in [6, 6.07) is 0.0880. The van der Waals surface area contributed by atoms with Crippen molar-refractivity contribution in [2.75, 3.05) is 0 Å². The fraction of sp³-hybridized carbons (Fsp3) is 1.00. The molecule has 4 heteroatoms. The van der Waals surface area contributed by atoms with Gasteiger partial charge in [-0.15, -0.1) is 0 Å². The summed E-state index contributed by atoms with van der Waals surface area (Å²) in [6.07, 6.45) is 0. The van der Waals surface area contributed by atoms with Crippen molar-refractivity contribution in [3.8, 4) is 0 Å². The van der Waals surface area contributed by atoms with Gasteiger partial charge in [0.1, 0.15) is 0 Å². The summed E-state index contributed by atoms with van der Waals surface area (Å²) in [4.78, 5) is 0. The van der Waals surface area contributed by atoms with Crippen LogP contribution in [-0.2, 0) is 10.0 Å². The first kappa shape index (κ1) is 9.99. The van der Waals surface area contributed by atoms with Crippen LogP contribution in [0.2, 0.25) is 0 Å². The van der Waals surface area contributed by atoms with E-state index in [4.69, 9.17) is 0 Å². The molecule has 72 valence electrons.